The van der Waals surface area contributed by atoms with E-state index in [2.05, 4.69) is 17.2 Å². The molecule has 0 spiro atoms. The van der Waals surface area contributed by atoms with Gasteiger partial charge in [0.25, 0.3) is 0 Å². The Morgan fingerprint density at radius 3 is 3.00 bits per heavy atom. The van der Waals surface area contributed by atoms with E-state index in [0.717, 1.165) is 45.0 Å². The first-order valence-electron chi connectivity index (χ1n) is 9.83. The largest absolute Gasteiger partial charge is 0.494 e. The number of hydrogen-bond acceptors (Lipinski definition) is 5. The molecule has 6 heteroatoms. The Morgan fingerprint density at radius 2 is 2.14 bits per heavy atom. The second kappa shape index (κ2) is 8.74. The number of aromatic nitrogens is 1. The Hall–Kier alpha value is -2.73. The molecule has 1 aromatic heterocycles. The molecule has 0 bridgehead atoms. The van der Waals surface area contributed by atoms with Crippen LogP contribution in [0.2, 0.25) is 0 Å². The standard InChI is InChI=1S/C23H24N2O3S/c1-3-27-20-11-17-10-15(2)28-21(17)12-18(20)13-24-22(26)14-29-23-9-8-16-6-4-5-7-19(16)25-23/h4-9,11-12,15H,3,10,13-14H2,1-2H3,(H,24,26)/t15-/m0/s1. The third kappa shape index (κ3) is 4.65. The number of benzene rings is 2. The van der Waals surface area contributed by atoms with Crippen molar-refractivity contribution in [3.63, 3.8) is 0 Å². The van der Waals surface area contributed by atoms with Crippen molar-refractivity contribution in [2.24, 2.45) is 0 Å². The van der Waals surface area contributed by atoms with Gasteiger partial charge >= 0.3 is 0 Å². The van der Waals surface area contributed by atoms with Crippen molar-refractivity contribution in [2.75, 3.05) is 12.4 Å². The van der Waals surface area contributed by atoms with E-state index in [1.807, 2.05) is 55.5 Å². The molecule has 0 saturated carbocycles. The van der Waals surface area contributed by atoms with E-state index >= 15 is 0 Å². The van der Waals surface area contributed by atoms with Crippen LogP contribution in [0.15, 0.2) is 53.6 Å². The summed E-state index contributed by atoms with van der Waals surface area (Å²) in [4.78, 5) is 17.0. The van der Waals surface area contributed by atoms with Crippen LogP contribution in [0.5, 0.6) is 11.5 Å². The number of fused-ring (bicyclic) bond motifs is 2. The molecule has 1 atom stereocenters. The molecule has 0 unspecified atom stereocenters. The van der Waals surface area contributed by atoms with Gasteiger partial charge in [0.1, 0.15) is 17.6 Å². The van der Waals surface area contributed by atoms with Crippen LogP contribution in [0, 0.1) is 0 Å². The summed E-state index contributed by atoms with van der Waals surface area (Å²) in [5.41, 5.74) is 3.03. The van der Waals surface area contributed by atoms with Gasteiger partial charge in [0.2, 0.25) is 5.91 Å². The van der Waals surface area contributed by atoms with Crippen molar-refractivity contribution in [3.8, 4) is 11.5 Å². The van der Waals surface area contributed by atoms with Crippen LogP contribution in [0.25, 0.3) is 10.9 Å². The SMILES string of the molecule is CCOc1cc2c(cc1CNC(=O)CSc1ccc3ccccc3n1)O[C@@H](C)C2. The van der Waals surface area contributed by atoms with Gasteiger partial charge in [-0.3, -0.25) is 4.79 Å². The summed E-state index contributed by atoms with van der Waals surface area (Å²) in [5.74, 6) is 1.98. The summed E-state index contributed by atoms with van der Waals surface area (Å²) in [5, 5.41) is 4.92. The van der Waals surface area contributed by atoms with Crippen LogP contribution in [0.3, 0.4) is 0 Å². The molecule has 1 aliphatic heterocycles. The van der Waals surface area contributed by atoms with Gasteiger partial charge in [0, 0.05) is 29.5 Å². The lowest BCUT2D eigenvalue weighted by Crippen LogP contribution is -2.25. The van der Waals surface area contributed by atoms with Gasteiger partial charge in [-0.15, -0.1) is 0 Å². The van der Waals surface area contributed by atoms with Gasteiger partial charge < -0.3 is 14.8 Å². The predicted molar refractivity (Wildman–Crippen MR) is 116 cm³/mol. The summed E-state index contributed by atoms with van der Waals surface area (Å²) in [6, 6.07) is 16.0. The molecule has 2 aromatic carbocycles. The molecule has 0 aliphatic carbocycles. The average molecular weight is 409 g/mol. The maximum Gasteiger partial charge on any atom is 0.230 e. The van der Waals surface area contributed by atoms with Crippen molar-refractivity contribution in [3.05, 3.63) is 59.7 Å². The van der Waals surface area contributed by atoms with Crippen LogP contribution >= 0.6 is 11.8 Å². The topological polar surface area (TPSA) is 60.5 Å². The Bertz CT molecular complexity index is 1040. The number of nitrogens with one attached hydrogen (secondary N) is 1. The highest BCUT2D eigenvalue weighted by molar-refractivity contribution is 7.99. The molecule has 150 valence electrons. The number of amides is 1. The van der Waals surface area contributed by atoms with Crippen molar-refractivity contribution >= 4 is 28.6 Å². The number of carbonyl (C=O) groups is 1. The Morgan fingerprint density at radius 1 is 1.28 bits per heavy atom. The molecule has 1 aliphatic rings. The van der Waals surface area contributed by atoms with Crippen molar-refractivity contribution in [1.29, 1.82) is 0 Å². The van der Waals surface area contributed by atoms with Gasteiger partial charge in [-0.2, -0.15) is 0 Å². The number of pyridine rings is 1. The highest BCUT2D eigenvalue weighted by Crippen LogP contribution is 2.35. The first-order chi connectivity index (χ1) is 14.1. The molecule has 1 N–H and O–H groups in total. The van der Waals surface area contributed by atoms with Crippen molar-refractivity contribution in [1.82, 2.24) is 10.3 Å². The average Bonchev–Trinajstić information content (AvgIpc) is 3.09. The Labute approximate surface area is 174 Å². The normalized spacial score (nSPS) is 15.0. The van der Waals surface area contributed by atoms with Gasteiger partial charge in [0.15, 0.2) is 0 Å². The van der Waals surface area contributed by atoms with Gasteiger partial charge in [0.05, 0.1) is 22.9 Å². The summed E-state index contributed by atoms with van der Waals surface area (Å²) < 4.78 is 11.6. The Kier molecular flexibility index (Phi) is 5.90. The quantitative estimate of drug-likeness (QED) is 0.589. The van der Waals surface area contributed by atoms with E-state index in [1.165, 1.54) is 11.8 Å². The lowest BCUT2D eigenvalue weighted by atomic mass is 10.1. The highest BCUT2D eigenvalue weighted by Gasteiger charge is 2.22. The van der Waals surface area contributed by atoms with E-state index < -0.39 is 0 Å². The first-order valence-corrected chi connectivity index (χ1v) is 10.8. The van der Waals surface area contributed by atoms with Crippen LogP contribution in [0.1, 0.15) is 25.0 Å². The number of thioether (sulfide) groups is 1. The minimum Gasteiger partial charge on any atom is -0.494 e. The van der Waals surface area contributed by atoms with Gasteiger partial charge in [-0.25, -0.2) is 4.98 Å². The molecule has 4 rings (SSSR count). The van der Waals surface area contributed by atoms with Crippen LogP contribution in [-0.2, 0) is 17.8 Å². The predicted octanol–water partition coefficient (Wildman–Crippen LogP) is 4.37. The number of ether oxygens (including phenoxy) is 2. The maximum absolute atomic E-state index is 12.4. The third-order valence-electron chi connectivity index (χ3n) is 4.78. The summed E-state index contributed by atoms with van der Waals surface area (Å²) in [6.07, 6.45) is 1.06. The molecular formula is C23H24N2O3S. The fraction of sp³-hybridized carbons (Fsp3) is 0.304. The third-order valence-corrected chi connectivity index (χ3v) is 5.71. The molecule has 1 amide bonds. The minimum absolute atomic E-state index is 0.0396. The fourth-order valence-corrected chi connectivity index (χ4v) is 4.13. The lowest BCUT2D eigenvalue weighted by Gasteiger charge is -2.13. The van der Waals surface area contributed by atoms with E-state index in [4.69, 9.17) is 9.47 Å². The van der Waals surface area contributed by atoms with Gasteiger partial charge in [-0.1, -0.05) is 36.0 Å². The number of rotatable bonds is 7. The molecule has 0 saturated heterocycles. The summed E-state index contributed by atoms with van der Waals surface area (Å²) in [7, 11) is 0. The van der Waals surface area contributed by atoms with Crippen molar-refractivity contribution < 1.29 is 14.3 Å². The zero-order chi connectivity index (χ0) is 20.2. The molecule has 29 heavy (non-hydrogen) atoms. The molecule has 0 radical (unpaired) electrons. The molecule has 2 heterocycles. The molecule has 0 fully saturated rings. The summed E-state index contributed by atoms with van der Waals surface area (Å²) >= 11 is 1.43. The minimum atomic E-state index is -0.0396. The van der Waals surface area contributed by atoms with E-state index in [9.17, 15) is 4.79 Å². The molecule has 5 nitrogen and oxygen atoms in total. The van der Waals surface area contributed by atoms with Gasteiger partial charge in [-0.05, 0) is 38.1 Å². The maximum atomic E-state index is 12.4. The Balaban J connectivity index is 1.37. The number of hydrogen-bond donors (Lipinski definition) is 1. The number of nitrogens with zero attached hydrogens (tertiary/aromatic N) is 1. The second-order valence-corrected chi connectivity index (χ2v) is 8.04. The summed E-state index contributed by atoms with van der Waals surface area (Å²) in [6.45, 7) is 5.01. The molecular weight excluding hydrogens is 384 g/mol. The number of carbonyl (C=O) groups excluding carboxylic acids is 1. The van der Waals surface area contributed by atoms with Crippen molar-refractivity contribution in [2.45, 2.75) is 37.9 Å². The smallest absolute Gasteiger partial charge is 0.230 e. The fourth-order valence-electron chi connectivity index (χ4n) is 3.42. The van der Waals surface area contributed by atoms with Crippen LogP contribution in [0.4, 0.5) is 0 Å². The van der Waals surface area contributed by atoms with Crippen LogP contribution in [-0.4, -0.2) is 29.4 Å². The zero-order valence-corrected chi connectivity index (χ0v) is 17.4. The number of para-hydroxylation sites is 1. The second-order valence-electron chi connectivity index (χ2n) is 7.04. The monoisotopic (exact) mass is 408 g/mol. The lowest BCUT2D eigenvalue weighted by molar-refractivity contribution is -0.118. The first kappa shape index (κ1) is 19.6. The zero-order valence-electron chi connectivity index (χ0n) is 16.6. The molecule has 3 aromatic rings. The van der Waals surface area contributed by atoms with E-state index in [1.54, 1.807) is 0 Å². The van der Waals surface area contributed by atoms with E-state index in [0.29, 0.717) is 18.9 Å². The highest BCUT2D eigenvalue weighted by atomic mass is 32.2. The van der Waals surface area contributed by atoms with E-state index in [-0.39, 0.29) is 12.0 Å². The van der Waals surface area contributed by atoms with Crippen LogP contribution < -0.4 is 14.8 Å².